The van der Waals surface area contributed by atoms with Gasteiger partial charge < -0.3 is 15.1 Å². The molecule has 0 radical (unpaired) electrons. The lowest BCUT2D eigenvalue weighted by molar-refractivity contribution is -0.117. The molecule has 1 N–H and O–H groups in total. The quantitative estimate of drug-likeness (QED) is 0.766. The van der Waals surface area contributed by atoms with E-state index in [1.165, 1.54) is 6.07 Å². The van der Waals surface area contributed by atoms with Crippen LogP contribution in [0.2, 0.25) is 0 Å². The minimum absolute atomic E-state index is 0.0449. The molecule has 3 rings (SSSR count). The summed E-state index contributed by atoms with van der Waals surface area (Å²) in [5, 5.41) is 3.10. The van der Waals surface area contributed by atoms with E-state index in [4.69, 9.17) is 0 Å². The number of carbonyl (C=O) groups is 1. The fourth-order valence-corrected chi connectivity index (χ4v) is 3.91. The van der Waals surface area contributed by atoms with Crippen LogP contribution in [0.1, 0.15) is 43.9 Å². The predicted molar refractivity (Wildman–Crippen MR) is 119 cm³/mol. The maximum absolute atomic E-state index is 13.7. The Labute approximate surface area is 173 Å². The molecule has 0 saturated carbocycles. The highest BCUT2D eigenvalue weighted by Crippen LogP contribution is 2.32. The van der Waals surface area contributed by atoms with Gasteiger partial charge in [0.2, 0.25) is 5.91 Å². The summed E-state index contributed by atoms with van der Waals surface area (Å²) in [6.45, 7) is 12.7. The van der Waals surface area contributed by atoms with Crippen LogP contribution in [-0.4, -0.2) is 26.0 Å². The number of carbonyl (C=O) groups excluding carboxylic acids is 1. The van der Waals surface area contributed by atoms with Crippen molar-refractivity contribution >= 4 is 23.0 Å². The van der Waals surface area contributed by atoms with E-state index in [1.54, 1.807) is 6.07 Å². The molecule has 0 bridgehead atoms. The number of nitrogens with one attached hydrogen (secondary N) is 1. The maximum Gasteiger partial charge on any atom is 0.224 e. The molecule has 1 heterocycles. The normalized spacial score (nSPS) is 14.4. The number of halogens is 1. The second-order valence-electron chi connectivity index (χ2n) is 9.36. The molecule has 0 unspecified atom stereocenters. The van der Waals surface area contributed by atoms with Crippen LogP contribution in [0.4, 0.5) is 21.5 Å². The van der Waals surface area contributed by atoms with Crippen molar-refractivity contribution in [2.75, 3.05) is 35.3 Å². The predicted octanol–water partition coefficient (Wildman–Crippen LogP) is 5.27. The number of benzene rings is 2. The van der Waals surface area contributed by atoms with E-state index in [-0.39, 0.29) is 17.1 Å². The van der Waals surface area contributed by atoms with Crippen molar-refractivity contribution in [3.63, 3.8) is 0 Å². The number of aryl methyl sites for hydroxylation is 2. The van der Waals surface area contributed by atoms with Crippen LogP contribution >= 0.6 is 0 Å². The molecule has 0 atom stereocenters. The minimum Gasteiger partial charge on any atom is -0.372 e. The minimum atomic E-state index is -0.203. The number of hydrogen-bond donors (Lipinski definition) is 1. The van der Waals surface area contributed by atoms with Crippen molar-refractivity contribution in [1.29, 1.82) is 0 Å². The lowest BCUT2D eigenvalue weighted by Crippen LogP contribution is -2.29. The molecule has 156 valence electrons. The molecule has 0 fully saturated rings. The fraction of sp³-hybridized carbons (Fsp3) is 0.458. The Balaban J connectivity index is 1.85. The van der Waals surface area contributed by atoms with Crippen LogP contribution in [0, 0.1) is 25.1 Å². The molecule has 0 aliphatic carbocycles. The number of likely N-dealkylation sites (N-methyl/N-ethyl adjacent to an activating group) is 1. The van der Waals surface area contributed by atoms with Crippen LogP contribution in [0.5, 0.6) is 0 Å². The van der Waals surface area contributed by atoms with Crippen molar-refractivity contribution in [2.45, 2.75) is 47.6 Å². The summed E-state index contributed by atoms with van der Waals surface area (Å²) in [5.74, 6) is -0.158. The molecule has 5 heteroatoms. The highest BCUT2D eigenvalue weighted by atomic mass is 19.1. The van der Waals surface area contributed by atoms with E-state index in [0.717, 1.165) is 53.4 Å². The Kier molecular flexibility index (Phi) is 5.87. The summed E-state index contributed by atoms with van der Waals surface area (Å²) in [6.07, 6.45) is 0.486. The summed E-state index contributed by atoms with van der Waals surface area (Å²) < 4.78 is 13.7. The molecule has 1 aliphatic rings. The number of rotatable bonds is 3. The molecular weight excluding hydrogens is 365 g/mol. The number of hydrogen-bond acceptors (Lipinski definition) is 3. The number of fused-ring (bicyclic) bond motifs is 1. The van der Waals surface area contributed by atoms with Gasteiger partial charge in [0.1, 0.15) is 5.82 Å². The second kappa shape index (κ2) is 8.05. The van der Waals surface area contributed by atoms with E-state index in [0.29, 0.717) is 6.42 Å². The average Bonchev–Trinajstić information content (AvgIpc) is 2.76. The third-order valence-electron chi connectivity index (χ3n) is 5.36. The lowest BCUT2D eigenvalue weighted by atomic mass is 9.92. The molecule has 1 aliphatic heterocycles. The third-order valence-corrected chi connectivity index (χ3v) is 5.36. The average molecular weight is 398 g/mol. The van der Waals surface area contributed by atoms with E-state index in [9.17, 15) is 9.18 Å². The molecule has 2 aromatic rings. The zero-order chi connectivity index (χ0) is 21.3. The largest absolute Gasteiger partial charge is 0.372 e. The first-order valence-corrected chi connectivity index (χ1v) is 10.2. The Hall–Kier alpha value is -2.56. The van der Waals surface area contributed by atoms with E-state index in [2.05, 4.69) is 48.0 Å². The first-order valence-electron chi connectivity index (χ1n) is 10.2. The Morgan fingerprint density at radius 3 is 2.38 bits per heavy atom. The molecule has 2 aromatic carbocycles. The van der Waals surface area contributed by atoms with E-state index >= 15 is 0 Å². The van der Waals surface area contributed by atoms with Crippen LogP contribution in [0.3, 0.4) is 0 Å². The highest BCUT2D eigenvalue weighted by Gasteiger charge is 2.21. The second-order valence-corrected chi connectivity index (χ2v) is 9.36. The van der Waals surface area contributed by atoms with Crippen molar-refractivity contribution in [3.8, 4) is 0 Å². The first-order chi connectivity index (χ1) is 13.5. The van der Waals surface area contributed by atoms with Crippen molar-refractivity contribution in [1.82, 2.24) is 0 Å². The van der Waals surface area contributed by atoms with Gasteiger partial charge in [-0.25, -0.2) is 4.39 Å². The summed E-state index contributed by atoms with van der Waals surface area (Å²) in [4.78, 5) is 16.8. The van der Waals surface area contributed by atoms with Gasteiger partial charge in [-0.3, -0.25) is 4.79 Å². The molecule has 4 nitrogen and oxygen atoms in total. The van der Waals surface area contributed by atoms with Gasteiger partial charge in [-0.1, -0.05) is 26.8 Å². The van der Waals surface area contributed by atoms with Crippen LogP contribution in [0.25, 0.3) is 0 Å². The molecular formula is C24H32FN3O. The lowest BCUT2D eigenvalue weighted by Gasteiger charge is -2.26. The summed E-state index contributed by atoms with van der Waals surface area (Å²) >= 11 is 0. The standard InChI is InChI=1S/C24H32FN3O/c1-16-11-20(12-17(2)23(16)26-22(29)14-24(3,4)5)28-10-9-27(6)21-13-19(25)8-7-18(21)15-28/h7-8,11-13H,9-10,14-15H2,1-6H3,(H,26,29). The van der Waals surface area contributed by atoms with Gasteiger partial charge in [-0.2, -0.15) is 0 Å². The number of nitrogens with zero attached hydrogens (tertiary/aromatic N) is 2. The van der Waals surface area contributed by atoms with E-state index < -0.39 is 0 Å². The Morgan fingerprint density at radius 2 is 1.76 bits per heavy atom. The van der Waals surface area contributed by atoms with Gasteiger partial charge in [0.05, 0.1) is 0 Å². The molecule has 29 heavy (non-hydrogen) atoms. The topological polar surface area (TPSA) is 35.6 Å². The van der Waals surface area contributed by atoms with Crippen molar-refractivity contribution in [2.24, 2.45) is 5.41 Å². The molecule has 0 spiro atoms. The van der Waals surface area contributed by atoms with Crippen molar-refractivity contribution in [3.05, 3.63) is 52.8 Å². The zero-order valence-corrected chi connectivity index (χ0v) is 18.4. The maximum atomic E-state index is 13.7. The summed E-state index contributed by atoms with van der Waals surface area (Å²) in [5.41, 5.74) is 6.16. The SMILES string of the molecule is Cc1cc(N2CCN(C)c3cc(F)ccc3C2)cc(C)c1NC(=O)CC(C)(C)C. The fourth-order valence-electron chi connectivity index (χ4n) is 3.91. The molecule has 0 saturated heterocycles. The van der Waals surface area contributed by atoms with Gasteiger partial charge in [0.15, 0.2) is 0 Å². The molecule has 1 amide bonds. The first kappa shape index (κ1) is 21.2. The van der Waals surface area contributed by atoms with Gasteiger partial charge in [-0.05, 0) is 60.2 Å². The van der Waals surface area contributed by atoms with Crippen molar-refractivity contribution < 1.29 is 9.18 Å². The van der Waals surface area contributed by atoms with Gasteiger partial charge in [0.25, 0.3) is 0 Å². The molecule has 0 aromatic heterocycles. The van der Waals surface area contributed by atoms with E-state index in [1.807, 2.05) is 27.0 Å². The Morgan fingerprint density at radius 1 is 1.10 bits per heavy atom. The summed E-state index contributed by atoms with van der Waals surface area (Å²) in [7, 11) is 2.01. The summed E-state index contributed by atoms with van der Waals surface area (Å²) in [6, 6.07) is 9.28. The van der Waals surface area contributed by atoms with Gasteiger partial charge in [0, 0.05) is 50.2 Å². The van der Waals surface area contributed by atoms with Crippen LogP contribution < -0.4 is 15.1 Å². The van der Waals surface area contributed by atoms with Crippen LogP contribution in [-0.2, 0) is 11.3 Å². The van der Waals surface area contributed by atoms with Gasteiger partial charge in [-0.15, -0.1) is 0 Å². The highest BCUT2D eigenvalue weighted by molar-refractivity contribution is 5.93. The van der Waals surface area contributed by atoms with Gasteiger partial charge >= 0.3 is 0 Å². The number of anilines is 3. The monoisotopic (exact) mass is 397 g/mol. The smallest absolute Gasteiger partial charge is 0.224 e. The van der Waals surface area contributed by atoms with Crippen LogP contribution in [0.15, 0.2) is 30.3 Å². The third kappa shape index (κ3) is 5.08. The Bertz CT molecular complexity index is 894. The zero-order valence-electron chi connectivity index (χ0n) is 18.4. The number of amides is 1.